The van der Waals surface area contributed by atoms with E-state index in [1.807, 2.05) is 0 Å². The lowest BCUT2D eigenvalue weighted by atomic mass is 9.31. The number of fused-ring (bicyclic) bond motifs is 7. The first-order valence-electron chi connectivity index (χ1n) is 17.4. The van der Waals surface area contributed by atoms with Gasteiger partial charge in [-0.1, -0.05) is 55.4 Å². The number of nitrogens with two attached hydrogens (primary N) is 1. The van der Waals surface area contributed by atoms with Crippen LogP contribution in [0.15, 0.2) is 0 Å². The molecular weight excluding hydrogens is 510 g/mol. The van der Waals surface area contributed by atoms with Crippen molar-refractivity contribution in [1.82, 2.24) is 0 Å². The molecule has 6 N–H and O–H groups in total. The smallest absolute Gasteiger partial charge is 0.109 e. The Morgan fingerprint density at radius 2 is 1.20 bits per heavy atom. The van der Waals surface area contributed by atoms with Crippen molar-refractivity contribution in [3.63, 3.8) is 0 Å². The van der Waals surface area contributed by atoms with E-state index in [2.05, 4.69) is 55.4 Å². The van der Waals surface area contributed by atoms with Gasteiger partial charge >= 0.3 is 0 Å². The van der Waals surface area contributed by atoms with Crippen LogP contribution in [0.2, 0.25) is 0 Å². The van der Waals surface area contributed by atoms with Gasteiger partial charge < -0.3 is 26.2 Å². The van der Waals surface area contributed by atoms with Crippen molar-refractivity contribution >= 4 is 0 Å². The van der Waals surface area contributed by atoms with Crippen molar-refractivity contribution < 1.29 is 20.4 Å². The highest BCUT2D eigenvalue weighted by Gasteiger charge is 2.70. The van der Waals surface area contributed by atoms with Crippen molar-refractivity contribution in [3.8, 4) is 0 Å². The van der Waals surface area contributed by atoms with Crippen molar-refractivity contribution in [2.24, 2.45) is 74.2 Å². The lowest BCUT2D eigenvalue weighted by molar-refractivity contribution is -0.246. The Labute approximate surface area is 251 Å². The van der Waals surface area contributed by atoms with E-state index >= 15 is 0 Å². The molecule has 0 aromatic heterocycles. The minimum absolute atomic E-state index is 0.139. The Bertz CT molecular complexity index is 956. The van der Waals surface area contributed by atoms with Crippen LogP contribution in [0.4, 0.5) is 0 Å². The van der Waals surface area contributed by atoms with Gasteiger partial charge in [0.05, 0.1) is 12.2 Å². The van der Waals surface area contributed by atoms with Gasteiger partial charge in [0.25, 0.3) is 0 Å². The maximum absolute atomic E-state index is 10.8. The van der Waals surface area contributed by atoms with Crippen LogP contribution >= 0.6 is 0 Å². The van der Waals surface area contributed by atoms with Crippen LogP contribution in [0.3, 0.4) is 0 Å². The quantitative estimate of drug-likeness (QED) is 0.250. The molecule has 5 heteroatoms. The lowest BCUT2D eigenvalue weighted by Crippen LogP contribution is -2.66. The second kappa shape index (κ2) is 10.7. The summed E-state index contributed by atoms with van der Waals surface area (Å²) in [6, 6.07) is 0. The highest BCUT2D eigenvalue weighted by atomic mass is 16.4. The molecule has 0 radical (unpaired) electrons. The van der Waals surface area contributed by atoms with E-state index in [1.165, 1.54) is 64.2 Å². The van der Waals surface area contributed by atoms with Crippen LogP contribution in [-0.4, -0.2) is 51.4 Å². The summed E-state index contributed by atoms with van der Waals surface area (Å²) in [5.41, 5.74) is 7.46. The van der Waals surface area contributed by atoms with Crippen LogP contribution in [0.1, 0.15) is 126 Å². The number of rotatable bonds is 7. The molecule has 0 aromatic carbocycles. The Balaban J connectivity index is 1.34. The van der Waals surface area contributed by atoms with Gasteiger partial charge in [0.2, 0.25) is 0 Å². The zero-order valence-electron chi connectivity index (χ0n) is 27.7. The van der Waals surface area contributed by atoms with Crippen LogP contribution in [0.25, 0.3) is 0 Å². The van der Waals surface area contributed by atoms with Gasteiger partial charge in [-0.15, -0.1) is 0 Å². The molecule has 0 aromatic rings. The zero-order valence-corrected chi connectivity index (χ0v) is 27.7. The van der Waals surface area contributed by atoms with Crippen LogP contribution in [0.5, 0.6) is 0 Å². The Kier molecular flexibility index (Phi) is 8.41. The highest BCUT2D eigenvalue weighted by Crippen LogP contribution is 2.78. The average molecular weight is 576 g/mol. The molecule has 0 aliphatic heterocycles. The predicted octanol–water partition coefficient (Wildman–Crippen LogP) is 6.15. The second-order valence-electron chi connectivity index (χ2n) is 17.8. The van der Waals surface area contributed by atoms with Crippen molar-refractivity contribution in [1.29, 1.82) is 0 Å². The van der Waals surface area contributed by atoms with Gasteiger partial charge in [0.15, 0.2) is 0 Å². The molecular formula is C36H65NO4. The maximum atomic E-state index is 10.8. The van der Waals surface area contributed by atoms with E-state index in [1.54, 1.807) is 0 Å². The molecule has 15 atom stereocenters. The first-order valence-corrected chi connectivity index (χ1v) is 17.4. The van der Waals surface area contributed by atoms with E-state index in [0.29, 0.717) is 45.3 Å². The molecule has 5 nitrogen and oxygen atoms in total. The molecule has 5 unspecified atom stereocenters. The highest BCUT2D eigenvalue weighted by molar-refractivity contribution is 5.19. The SMILES string of the molecule is CC1CC[C@]2(C)[C@H]3CC[C@@H]4[C@@]5(C)CC[C@H]([C@H](C)CC(O)C(O)C(O)C(O)CN)[C@@H]5CC[C@@]4(C)[C@]3(C)CC[C@H]2C1(C)C. The minimum Gasteiger partial charge on any atom is -0.390 e. The first kappa shape index (κ1) is 32.2. The summed E-state index contributed by atoms with van der Waals surface area (Å²) in [6.07, 6.45) is 8.77. The molecule has 5 aliphatic rings. The topological polar surface area (TPSA) is 107 Å². The molecule has 0 spiro atoms. The number of hydrogen-bond acceptors (Lipinski definition) is 5. The summed E-state index contributed by atoms with van der Waals surface area (Å²) in [4.78, 5) is 0. The Morgan fingerprint density at radius 3 is 1.80 bits per heavy atom. The van der Waals surface area contributed by atoms with E-state index < -0.39 is 24.4 Å². The number of aliphatic hydroxyl groups is 4. The molecule has 0 bridgehead atoms. The summed E-state index contributed by atoms with van der Waals surface area (Å²) < 4.78 is 0. The Hall–Kier alpha value is -0.200. The normalized spacial score (nSPS) is 50.9. The summed E-state index contributed by atoms with van der Waals surface area (Å²) in [5, 5.41) is 41.5. The zero-order chi connectivity index (χ0) is 30.3. The van der Waals surface area contributed by atoms with Crippen molar-refractivity contribution in [3.05, 3.63) is 0 Å². The fourth-order valence-electron chi connectivity index (χ4n) is 13.4. The Morgan fingerprint density at radius 1 is 0.659 bits per heavy atom. The summed E-state index contributed by atoms with van der Waals surface area (Å²) >= 11 is 0. The molecule has 5 rings (SSSR count). The third-order valence-corrected chi connectivity index (χ3v) is 16.3. The molecule has 0 heterocycles. The molecule has 0 saturated heterocycles. The van der Waals surface area contributed by atoms with Gasteiger partial charge in [-0.3, -0.25) is 0 Å². The third kappa shape index (κ3) is 4.55. The van der Waals surface area contributed by atoms with Crippen LogP contribution in [-0.2, 0) is 0 Å². The van der Waals surface area contributed by atoms with Crippen LogP contribution < -0.4 is 5.73 Å². The average Bonchev–Trinajstić information content (AvgIpc) is 3.27. The van der Waals surface area contributed by atoms with Crippen molar-refractivity contribution in [2.75, 3.05) is 6.54 Å². The van der Waals surface area contributed by atoms with Gasteiger partial charge in [0, 0.05) is 6.54 Å². The lowest BCUT2D eigenvalue weighted by Gasteiger charge is -2.73. The first-order chi connectivity index (χ1) is 19.0. The maximum Gasteiger partial charge on any atom is 0.109 e. The number of hydrogen-bond donors (Lipinski definition) is 5. The van der Waals surface area contributed by atoms with Gasteiger partial charge in [-0.2, -0.15) is 0 Å². The minimum atomic E-state index is -1.42. The van der Waals surface area contributed by atoms with Gasteiger partial charge in [-0.25, -0.2) is 0 Å². The van der Waals surface area contributed by atoms with Crippen molar-refractivity contribution in [2.45, 2.75) is 150 Å². The van der Waals surface area contributed by atoms with E-state index in [-0.39, 0.29) is 12.5 Å². The molecule has 238 valence electrons. The summed E-state index contributed by atoms with van der Waals surface area (Å²) in [5.74, 6) is 4.67. The van der Waals surface area contributed by atoms with Crippen LogP contribution in [0, 0.1) is 68.5 Å². The largest absolute Gasteiger partial charge is 0.390 e. The predicted molar refractivity (Wildman–Crippen MR) is 166 cm³/mol. The van der Waals surface area contributed by atoms with E-state index in [0.717, 1.165) is 23.7 Å². The number of aliphatic hydroxyl groups excluding tert-OH is 4. The second-order valence-corrected chi connectivity index (χ2v) is 17.8. The third-order valence-electron chi connectivity index (χ3n) is 16.3. The molecule has 5 saturated carbocycles. The summed E-state index contributed by atoms with van der Waals surface area (Å²) in [7, 11) is 0. The van der Waals surface area contributed by atoms with Gasteiger partial charge in [-0.05, 0) is 139 Å². The molecule has 41 heavy (non-hydrogen) atoms. The van der Waals surface area contributed by atoms with E-state index in [9.17, 15) is 20.4 Å². The fourth-order valence-corrected chi connectivity index (χ4v) is 13.4. The van der Waals surface area contributed by atoms with Gasteiger partial charge in [0.1, 0.15) is 12.2 Å². The monoisotopic (exact) mass is 575 g/mol. The molecule has 5 fully saturated rings. The van der Waals surface area contributed by atoms with E-state index in [4.69, 9.17) is 5.73 Å². The standard InChI is InChI=1S/C36H65NO4/c1-21(19-25(38)30(40)31(41)26(39)20-37)23-12-16-33(5)24(23)13-17-35(7)28(33)9-10-29-34(6)15-11-22(2)32(3,4)27(34)14-18-36(29,35)8/h21-31,38-41H,9-20,37H2,1-8H3/t21-,22?,23-,24+,25?,26?,27+,28-,29-,30?,31?,33+,34+,35-,36-/m1/s1. The molecule has 0 amide bonds. The summed E-state index contributed by atoms with van der Waals surface area (Å²) in [6.45, 7) is 20.6. The molecule has 5 aliphatic carbocycles. The fraction of sp³-hybridized carbons (Fsp3) is 1.00.